The number of hydrogen-bond acceptors (Lipinski definition) is 6. The fourth-order valence-electron chi connectivity index (χ4n) is 3.56. The lowest BCUT2D eigenvalue weighted by molar-refractivity contribution is -0.137. The van der Waals surface area contributed by atoms with Gasteiger partial charge in [-0.15, -0.1) is 0 Å². The van der Waals surface area contributed by atoms with Gasteiger partial charge in [0.25, 0.3) is 11.8 Å². The summed E-state index contributed by atoms with van der Waals surface area (Å²) in [5.41, 5.74) is 2.45. The van der Waals surface area contributed by atoms with Crippen LogP contribution in [0.4, 0.5) is 5.69 Å². The second-order valence-electron chi connectivity index (χ2n) is 7.09. The molecule has 32 heavy (non-hydrogen) atoms. The Hall–Kier alpha value is -4.13. The summed E-state index contributed by atoms with van der Waals surface area (Å²) in [5, 5.41) is 3.15. The SMILES string of the molecule is CCOc1ccc(NC2=C(c3ccccc3OC)C(=O)N(Cc3cccnc3)C2=O)cc1. The second kappa shape index (κ2) is 9.34. The molecule has 2 amide bonds. The first-order valence-corrected chi connectivity index (χ1v) is 10.2. The van der Waals surface area contributed by atoms with E-state index in [1.807, 2.05) is 31.2 Å². The standard InChI is InChI=1S/C25H23N3O4/c1-3-32-19-12-10-18(11-13-19)27-23-22(20-8-4-5-9-21(20)31-2)24(29)28(25(23)30)16-17-7-6-14-26-15-17/h4-15,27H,3,16H2,1-2H3. The van der Waals surface area contributed by atoms with Gasteiger partial charge >= 0.3 is 0 Å². The van der Waals surface area contributed by atoms with E-state index in [0.29, 0.717) is 23.6 Å². The summed E-state index contributed by atoms with van der Waals surface area (Å²) >= 11 is 0. The van der Waals surface area contributed by atoms with Gasteiger partial charge in [0.2, 0.25) is 0 Å². The molecule has 0 atom stereocenters. The molecule has 2 aromatic carbocycles. The van der Waals surface area contributed by atoms with Gasteiger partial charge < -0.3 is 14.8 Å². The molecule has 3 aromatic rings. The average Bonchev–Trinajstić information content (AvgIpc) is 3.05. The minimum Gasteiger partial charge on any atom is -0.496 e. The Bertz CT molecular complexity index is 1160. The monoisotopic (exact) mass is 429 g/mol. The van der Waals surface area contributed by atoms with E-state index >= 15 is 0 Å². The molecule has 0 saturated heterocycles. The summed E-state index contributed by atoms with van der Waals surface area (Å²) in [7, 11) is 1.54. The maximum atomic E-state index is 13.4. The van der Waals surface area contributed by atoms with Crippen LogP contribution in [0.3, 0.4) is 0 Å². The van der Waals surface area contributed by atoms with Crippen LogP contribution < -0.4 is 14.8 Å². The van der Waals surface area contributed by atoms with Gasteiger partial charge in [0.15, 0.2) is 0 Å². The smallest absolute Gasteiger partial charge is 0.278 e. The van der Waals surface area contributed by atoms with Crippen molar-refractivity contribution in [3.05, 3.63) is 89.9 Å². The third kappa shape index (κ3) is 4.18. The van der Waals surface area contributed by atoms with Crippen LogP contribution in [0, 0.1) is 0 Å². The second-order valence-corrected chi connectivity index (χ2v) is 7.09. The molecule has 1 aliphatic heterocycles. The number of rotatable bonds is 8. The number of pyridine rings is 1. The van der Waals surface area contributed by atoms with Crippen LogP contribution >= 0.6 is 0 Å². The Morgan fingerprint density at radius 3 is 2.44 bits per heavy atom. The molecule has 0 spiro atoms. The first-order chi connectivity index (χ1) is 15.6. The molecule has 0 aliphatic carbocycles. The van der Waals surface area contributed by atoms with Crippen LogP contribution in [0.5, 0.6) is 11.5 Å². The molecule has 7 heteroatoms. The van der Waals surface area contributed by atoms with E-state index in [0.717, 1.165) is 11.3 Å². The minimum absolute atomic E-state index is 0.124. The van der Waals surface area contributed by atoms with Crippen molar-refractivity contribution in [2.45, 2.75) is 13.5 Å². The van der Waals surface area contributed by atoms with Crippen molar-refractivity contribution in [2.75, 3.05) is 19.0 Å². The highest BCUT2D eigenvalue weighted by Gasteiger charge is 2.40. The van der Waals surface area contributed by atoms with E-state index in [1.165, 1.54) is 12.0 Å². The summed E-state index contributed by atoms with van der Waals surface area (Å²) < 4.78 is 10.9. The summed E-state index contributed by atoms with van der Waals surface area (Å²) in [5.74, 6) is 0.437. The summed E-state index contributed by atoms with van der Waals surface area (Å²) in [6.07, 6.45) is 3.29. The van der Waals surface area contributed by atoms with Crippen molar-refractivity contribution in [3.63, 3.8) is 0 Å². The van der Waals surface area contributed by atoms with Gasteiger partial charge in [-0.3, -0.25) is 19.5 Å². The van der Waals surface area contributed by atoms with Crippen molar-refractivity contribution in [1.29, 1.82) is 0 Å². The normalized spacial score (nSPS) is 13.5. The largest absolute Gasteiger partial charge is 0.496 e. The molecular formula is C25H23N3O4. The molecule has 0 bridgehead atoms. The number of ether oxygens (including phenoxy) is 2. The average molecular weight is 429 g/mol. The zero-order chi connectivity index (χ0) is 22.5. The summed E-state index contributed by atoms with van der Waals surface area (Å²) in [6.45, 7) is 2.60. The molecular weight excluding hydrogens is 406 g/mol. The van der Waals surface area contributed by atoms with E-state index in [4.69, 9.17) is 9.47 Å². The Balaban J connectivity index is 1.74. The molecule has 1 N–H and O–H groups in total. The van der Waals surface area contributed by atoms with E-state index in [2.05, 4.69) is 10.3 Å². The Kier molecular flexibility index (Phi) is 6.17. The van der Waals surface area contributed by atoms with E-state index < -0.39 is 11.8 Å². The van der Waals surface area contributed by atoms with Crippen LogP contribution in [-0.2, 0) is 16.1 Å². The molecule has 162 valence electrons. The quantitative estimate of drug-likeness (QED) is 0.548. The molecule has 4 rings (SSSR count). The third-order valence-corrected chi connectivity index (χ3v) is 5.04. The van der Waals surface area contributed by atoms with E-state index in [9.17, 15) is 9.59 Å². The first-order valence-electron chi connectivity index (χ1n) is 10.2. The van der Waals surface area contributed by atoms with Gasteiger partial charge in [-0.2, -0.15) is 0 Å². The van der Waals surface area contributed by atoms with Crippen LogP contribution in [0.1, 0.15) is 18.1 Å². The number of carbonyl (C=O) groups excluding carboxylic acids is 2. The molecule has 0 saturated carbocycles. The van der Waals surface area contributed by atoms with Crippen LogP contribution in [0.15, 0.2) is 78.8 Å². The topological polar surface area (TPSA) is 80.8 Å². The van der Waals surface area contributed by atoms with Crippen LogP contribution in [-0.4, -0.2) is 35.4 Å². The number of hydrogen-bond donors (Lipinski definition) is 1. The molecule has 0 radical (unpaired) electrons. The number of benzene rings is 2. The number of methoxy groups -OCH3 is 1. The minimum atomic E-state index is -0.409. The number of aromatic nitrogens is 1. The van der Waals surface area contributed by atoms with Crippen molar-refractivity contribution in [3.8, 4) is 11.5 Å². The van der Waals surface area contributed by atoms with Gasteiger partial charge in [-0.1, -0.05) is 24.3 Å². The number of para-hydroxylation sites is 1. The number of carbonyl (C=O) groups is 2. The summed E-state index contributed by atoms with van der Waals surface area (Å²) in [4.78, 5) is 32.1. The number of nitrogens with one attached hydrogen (secondary N) is 1. The number of nitrogens with zero attached hydrogens (tertiary/aromatic N) is 2. The maximum absolute atomic E-state index is 13.4. The lowest BCUT2D eigenvalue weighted by Crippen LogP contribution is -2.32. The van der Waals surface area contributed by atoms with Gasteiger partial charge in [0, 0.05) is 23.6 Å². The number of amides is 2. The third-order valence-electron chi connectivity index (χ3n) is 5.04. The number of anilines is 1. The lowest BCUT2D eigenvalue weighted by Gasteiger charge is -2.15. The molecule has 1 aliphatic rings. The van der Waals surface area contributed by atoms with Crippen molar-refractivity contribution >= 4 is 23.1 Å². The van der Waals surface area contributed by atoms with Gasteiger partial charge in [-0.25, -0.2) is 0 Å². The Labute approximate surface area is 186 Å². The Morgan fingerprint density at radius 1 is 0.969 bits per heavy atom. The highest BCUT2D eigenvalue weighted by molar-refractivity contribution is 6.36. The van der Waals surface area contributed by atoms with Crippen LogP contribution in [0.25, 0.3) is 5.57 Å². The van der Waals surface area contributed by atoms with Gasteiger partial charge in [0.05, 0.1) is 25.8 Å². The molecule has 7 nitrogen and oxygen atoms in total. The van der Waals surface area contributed by atoms with Crippen LogP contribution in [0.2, 0.25) is 0 Å². The summed E-state index contributed by atoms with van der Waals surface area (Å²) in [6, 6.07) is 18.0. The molecule has 2 heterocycles. The zero-order valence-electron chi connectivity index (χ0n) is 17.9. The highest BCUT2D eigenvalue weighted by atomic mass is 16.5. The van der Waals surface area contributed by atoms with E-state index in [1.54, 1.807) is 48.8 Å². The molecule has 1 aromatic heterocycles. The fourth-order valence-corrected chi connectivity index (χ4v) is 3.56. The maximum Gasteiger partial charge on any atom is 0.278 e. The molecule has 0 fully saturated rings. The molecule has 0 unspecified atom stereocenters. The van der Waals surface area contributed by atoms with Gasteiger partial charge in [0.1, 0.15) is 17.2 Å². The van der Waals surface area contributed by atoms with Crippen molar-refractivity contribution in [2.24, 2.45) is 0 Å². The van der Waals surface area contributed by atoms with Gasteiger partial charge in [-0.05, 0) is 48.9 Å². The van der Waals surface area contributed by atoms with Crippen molar-refractivity contribution in [1.82, 2.24) is 9.88 Å². The zero-order valence-corrected chi connectivity index (χ0v) is 17.9. The predicted octanol–water partition coefficient (Wildman–Crippen LogP) is 3.88. The predicted molar refractivity (Wildman–Crippen MR) is 121 cm³/mol. The Morgan fingerprint density at radius 2 is 1.75 bits per heavy atom. The lowest BCUT2D eigenvalue weighted by atomic mass is 10.0. The van der Waals surface area contributed by atoms with Crippen molar-refractivity contribution < 1.29 is 19.1 Å². The first kappa shape index (κ1) is 21.1. The highest BCUT2D eigenvalue weighted by Crippen LogP contribution is 2.36. The van der Waals surface area contributed by atoms with E-state index in [-0.39, 0.29) is 17.8 Å². The number of imide groups is 1. The fraction of sp³-hybridized carbons (Fsp3) is 0.160.